The van der Waals surface area contributed by atoms with Crippen LogP contribution < -0.4 is 4.74 Å². The Morgan fingerprint density at radius 3 is 1.75 bits per heavy atom. The van der Waals surface area contributed by atoms with Crippen molar-refractivity contribution in [1.82, 2.24) is 4.90 Å². The topological polar surface area (TPSA) is 66.5 Å². The van der Waals surface area contributed by atoms with Gasteiger partial charge < -0.3 is 28.6 Å². The number of carbonyl (C=O) groups is 1. The molecule has 268 valence electrons. The highest BCUT2D eigenvalue weighted by molar-refractivity contribution is 5.68. The van der Waals surface area contributed by atoms with Crippen LogP contribution in [-0.2, 0) is 38.8 Å². The Morgan fingerprint density at radius 2 is 1.24 bits per heavy atom. The molecule has 0 saturated carbocycles. The molecule has 0 N–H and O–H groups in total. The summed E-state index contributed by atoms with van der Waals surface area (Å²) in [4.78, 5) is 15.2. The molecule has 1 aliphatic heterocycles. The van der Waals surface area contributed by atoms with Crippen LogP contribution in [0.15, 0.2) is 116 Å². The highest BCUT2D eigenvalue weighted by Crippen LogP contribution is 2.35. The Bertz CT molecular complexity index is 1600. The zero-order valence-electron chi connectivity index (χ0n) is 30.2. The normalized spacial score (nSPS) is 17.5. The van der Waals surface area contributed by atoms with E-state index in [1.54, 1.807) is 4.90 Å². The minimum atomic E-state index is -0.635. The SMILES string of the molecule is C=Cc1ccc(CO[C@H]2CN(C(=O)OC(C)(C)C)C[C@@H](OCc3ccc(C=C)cc3)C2c2ccc(OCCCOCc3ccccc3)cc2)cc1. The lowest BCUT2D eigenvalue weighted by Crippen LogP contribution is -2.55. The van der Waals surface area contributed by atoms with E-state index in [0.717, 1.165) is 45.6 Å². The number of hydrogen-bond donors (Lipinski definition) is 0. The van der Waals surface area contributed by atoms with Gasteiger partial charge in [0, 0.05) is 12.3 Å². The number of rotatable bonds is 16. The lowest BCUT2D eigenvalue weighted by atomic mass is 9.84. The van der Waals surface area contributed by atoms with Crippen LogP contribution in [0.1, 0.15) is 66.5 Å². The lowest BCUT2D eigenvalue weighted by Gasteiger charge is -2.43. The first kappa shape index (κ1) is 37.6. The van der Waals surface area contributed by atoms with Crippen molar-refractivity contribution < 1.29 is 28.5 Å². The number of carbonyl (C=O) groups excluding carboxylic acids is 1. The van der Waals surface area contributed by atoms with E-state index in [0.29, 0.717) is 46.1 Å². The smallest absolute Gasteiger partial charge is 0.410 e. The van der Waals surface area contributed by atoms with Crippen LogP contribution in [0.3, 0.4) is 0 Å². The number of benzene rings is 4. The number of piperidine rings is 1. The third-order valence-corrected chi connectivity index (χ3v) is 8.69. The predicted molar refractivity (Wildman–Crippen MR) is 203 cm³/mol. The van der Waals surface area contributed by atoms with Crippen molar-refractivity contribution in [3.8, 4) is 5.75 Å². The molecule has 0 spiro atoms. The summed E-state index contributed by atoms with van der Waals surface area (Å²) in [6, 6.07) is 34.6. The van der Waals surface area contributed by atoms with Gasteiger partial charge in [0.25, 0.3) is 0 Å². The molecule has 1 fully saturated rings. The molecule has 7 nitrogen and oxygen atoms in total. The molecule has 1 saturated heterocycles. The van der Waals surface area contributed by atoms with Crippen LogP contribution >= 0.6 is 0 Å². The average molecular weight is 690 g/mol. The molecule has 4 aromatic rings. The summed E-state index contributed by atoms with van der Waals surface area (Å²) in [6.07, 6.45) is 3.30. The van der Waals surface area contributed by atoms with Crippen molar-refractivity contribution in [2.75, 3.05) is 26.3 Å². The summed E-state index contributed by atoms with van der Waals surface area (Å²) < 4.78 is 31.1. The Kier molecular flexibility index (Phi) is 13.6. The summed E-state index contributed by atoms with van der Waals surface area (Å²) in [6.45, 7) is 16.6. The van der Waals surface area contributed by atoms with Gasteiger partial charge in [-0.15, -0.1) is 0 Å². The van der Waals surface area contributed by atoms with Gasteiger partial charge in [0.05, 0.1) is 58.3 Å². The Hall–Kier alpha value is -4.69. The van der Waals surface area contributed by atoms with Gasteiger partial charge in [0.2, 0.25) is 0 Å². The van der Waals surface area contributed by atoms with Crippen molar-refractivity contribution in [2.45, 2.75) is 70.7 Å². The molecule has 4 aromatic carbocycles. The van der Waals surface area contributed by atoms with Gasteiger partial charge in [-0.25, -0.2) is 4.79 Å². The van der Waals surface area contributed by atoms with Gasteiger partial charge in [0.1, 0.15) is 11.4 Å². The van der Waals surface area contributed by atoms with E-state index in [9.17, 15) is 4.79 Å². The third kappa shape index (κ3) is 11.7. The highest BCUT2D eigenvalue weighted by Gasteiger charge is 2.42. The first-order valence-corrected chi connectivity index (χ1v) is 17.7. The van der Waals surface area contributed by atoms with Gasteiger partial charge in [0.15, 0.2) is 0 Å². The molecule has 7 heteroatoms. The molecule has 3 atom stereocenters. The Balaban J connectivity index is 1.32. The van der Waals surface area contributed by atoms with Gasteiger partial charge >= 0.3 is 6.09 Å². The molecular weight excluding hydrogens is 638 g/mol. The fraction of sp³-hybridized carbons (Fsp3) is 0.341. The fourth-order valence-electron chi connectivity index (χ4n) is 6.00. The molecule has 5 rings (SSSR count). The van der Waals surface area contributed by atoms with Crippen LogP contribution in [0, 0.1) is 0 Å². The number of ether oxygens (including phenoxy) is 5. The zero-order chi connectivity index (χ0) is 36.1. The Morgan fingerprint density at radius 1 is 0.706 bits per heavy atom. The second kappa shape index (κ2) is 18.5. The van der Waals surface area contributed by atoms with Crippen molar-refractivity contribution in [3.05, 3.63) is 150 Å². The van der Waals surface area contributed by atoms with E-state index in [2.05, 4.69) is 37.4 Å². The molecule has 1 aliphatic rings. The monoisotopic (exact) mass is 689 g/mol. The zero-order valence-corrected chi connectivity index (χ0v) is 30.2. The van der Waals surface area contributed by atoms with Crippen LogP contribution in [0.25, 0.3) is 12.2 Å². The van der Waals surface area contributed by atoms with E-state index in [1.807, 2.05) is 112 Å². The van der Waals surface area contributed by atoms with Gasteiger partial charge in [-0.05, 0) is 66.3 Å². The minimum Gasteiger partial charge on any atom is -0.494 e. The quantitative estimate of drug-likeness (QED) is 0.109. The highest BCUT2D eigenvalue weighted by atomic mass is 16.6. The van der Waals surface area contributed by atoms with E-state index in [4.69, 9.17) is 23.7 Å². The number of amides is 1. The van der Waals surface area contributed by atoms with Gasteiger partial charge in [-0.2, -0.15) is 0 Å². The van der Waals surface area contributed by atoms with Gasteiger partial charge in [-0.3, -0.25) is 0 Å². The molecule has 0 radical (unpaired) electrons. The first-order valence-electron chi connectivity index (χ1n) is 17.7. The fourth-order valence-corrected chi connectivity index (χ4v) is 6.00. The summed E-state index contributed by atoms with van der Waals surface area (Å²) in [5.41, 5.74) is 5.73. The molecule has 0 aromatic heterocycles. The van der Waals surface area contributed by atoms with Crippen molar-refractivity contribution in [3.63, 3.8) is 0 Å². The maximum atomic E-state index is 13.5. The average Bonchev–Trinajstić information content (AvgIpc) is 3.14. The maximum Gasteiger partial charge on any atom is 0.410 e. The summed E-state index contributed by atoms with van der Waals surface area (Å²) >= 11 is 0. The number of hydrogen-bond acceptors (Lipinski definition) is 6. The molecule has 0 aliphatic carbocycles. The summed E-state index contributed by atoms with van der Waals surface area (Å²) in [7, 11) is 0. The number of likely N-dealkylation sites (tertiary alicyclic amines) is 1. The lowest BCUT2D eigenvalue weighted by molar-refractivity contribution is -0.100. The molecular formula is C44H51NO6. The first-order chi connectivity index (χ1) is 24.7. The molecule has 1 amide bonds. The molecule has 1 unspecified atom stereocenters. The van der Waals surface area contributed by atoms with E-state index in [1.165, 1.54) is 0 Å². The predicted octanol–water partition coefficient (Wildman–Crippen LogP) is 9.46. The van der Waals surface area contributed by atoms with Crippen molar-refractivity contribution in [1.29, 1.82) is 0 Å². The standard InChI is InChI=1S/C44H51NO6/c1-6-33-14-18-36(19-15-33)31-49-40-28-45(43(46)51-44(3,4)5)29-41(50-32-37-20-16-34(7-2)17-21-37)42(40)38-22-24-39(25-23-38)48-27-11-26-47-30-35-12-9-8-10-13-35/h6-10,12-25,40-42H,1-2,11,26-32H2,3-5H3/t40-,41+,42?. The third-order valence-electron chi connectivity index (χ3n) is 8.69. The largest absolute Gasteiger partial charge is 0.494 e. The second-order valence-electron chi connectivity index (χ2n) is 13.8. The van der Waals surface area contributed by atoms with Crippen LogP contribution in [0.5, 0.6) is 5.75 Å². The summed E-state index contributed by atoms with van der Waals surface area (Å²) in [5, 5.41) is 0. The summed E-state index contributed by atoms with van der Waals surface area (Å²) in [5.74, 6) is 0.622. The maximum absolute atomic E-state index is 13.5. The van der Waals surface area contributed by atoms with Crippen molar-refractivity contribution >= 4 is 18.2 Å². The minimum absolute atomic E-state index is 0.163. The molecule has 0 bridgehead atoms. The second-order valence-corrected chi connectivity index (χ2v) is 13.8. The molecule has 51 heavy (non-hydrogen) atoms. The van der Waals surface area contributed by atoms with Crippen LogP contribution in [0.4, 0.5) is 4.79 Å². The van der Waals surface area contributed by atoms with E-state index >= 15 is 0 Å². The van der Waals surface area contributed by atoms with E-state index in [-0.39, 0.29) is 24.2 Å². The van der Waals surface area contributed by atoms with Crippen LogP contribution in [-0.4, -0.2) is 55.1 Å². The van der Waals surface area contributed by atoms with Gasteiger partial charge in [-0.1, -0.05) is 116 Å². The Labute approximate surface area is 303 Å². The molecule has 1 heterocycles. The van der Waals surface area contributed by atoms with Crippen LogP contribution in [0.2, 0.25) is 0 Å². The van der Waals surface area contributed by atoms with Crippen molar-refractivity contribution in [2.24, 2.45) is 0 Å². The number of nitrogens with zero attached hydrogens (tertiary/aromatic N) is 1. The van der Waals surface area contributed by atoms with E-state index < -0.39 is 5.60 Å².